The van der Waals surface area contributed by atoms with Crippen molar-refractivity contribution in [2.24, 2.45) is 0 Å². The summed E-state index contributed by atoms with van der Waals surface area (Å²) in [6, 6.07) is 8.24. The van der Waals surface area contributed by atoms with E-state index >= 15 is 0 Å². The molecule has 0 unspecified atom stereocenters. The molecule has 0 radical (unpaired) electrons. The Morgan fingerprint density at radius 2 is 2.09 bits per heavy atom. The fraction of sp³-hybridized carbons (Fsp3) is 0.133. The lowest BCUT2D eigenvalue weighted by molar-refractivity contribution is -0.123. The van der Waals surface area contributed by atoms with Gasteiger partial charge in [-0.25, -0.2) is 14.2 Å². The molecule has 7 heteroatoms. The summed E-state index contributed by atoms with van der Waals surface area (Å²) in [7, 11) is 0. The Bertz CT molecular complexity index is 709. The lowest BCUT2D eigenvalue weighted by atomic mass is 10.3. The third-order valence-electron chi connectivity index (χ3n) is 2.68. The number of esters is 1. The molecule has 5 nitrogen and oxygen atoms in total. The van der Waals surface area contributed by atoms with Gasteiger partial charge in [0, 0.05) is 16.9 Å². The highest BCUT2D eigenvalue weighted by atomic mass is 35.5. The zero-order valence-electron chi connectivity index (χ0n) is 11.5. The standard InChI is InChI=1S/C15H12ClFN2O3/c1-9(14(20)19-12-4-2-3-11(17)8-12)22-15(21)13-7-10(16)5-6-18-13/h2-9H,1H3,(H,19,20)/t9-/m0/s1. The summed E-state index contributed by atoms with van der Waals surface area (Å²) in [5.74, 6) is -1.84. The maximum Gasteiger partial charge on any atom is 0.357 e. The van der Waals surface area contributed by atoms with E-state index in [2.05, 4.69) is 10.3 Å². The number of carbonyl (C=O) groups is 2. The molecule has 1 N–H and O–H groups in total. The summed E-state index contributed by atoms with van der Waals surface area (Å²) in [6.45, 7) is 1.40. The normalized spacial score (nSPS) is 11.6. The molecule has 1 amide bonds. The minimum absolute atomic E-state index is 0.00194. The van der Waals surface area contributed by atoms with Crippen LogP contribution in [-0.4, -0.2) is 23.0 Å². The van der Waals surface area contributed by atoms with Gasteiger partial charge in [0.05, 0.1) is 0 Å². The highest BCUT2D eigenvalue weighted by molar-refractivity contribution is 6.30. The number of nitrogens with one attached hydrogen (secondary N) is 1. The molecule has 1 heterocycles. The van der Waals surface area contributed by atoms with Gasteiger partial charge in [-0.2, -0.15) is 0 Å². The van der Waals surface area contributed by atoms with Crippen molar-refractivity contribution < 1.29 is 18.7 Å². The summed E-state index contributed by atoms with van der Waals surface area (Å²) in [6.07, 6.45) is 0.285. The van der Waals surface area contributed by atoms with Crippen LogP contribution in [0.4, 0.5) is 10.1 Å². The SMILES string of the molecule is C[C@H](OC(=O)c1cc(Cl)ccn1)C(=O)Nc1cccc(F)c1. The van der Waals surface area contributed by atoms with E-state index in [1.807, 2.05) is 0 Å². The summed E-state index contributed by atoms with van der Waals surface area (Å²) >= 11 is 5.75. The van der Waals surface area contributed by atoms with Crippen LogP contribution in [0.1, 0.15) is 17.4 Å². The quantitative estimate of drug-likeness (QED) is 0.878. The molecule has 2 aromatic rings. The average Bonchev–Trinajstić information content (AvgIpc) is 2.47. The van der Waals surface area contributed by atoms with Crippen LogP contribution >= 0.6 is 11.6 Å². The average molecular weight is 323 g/mol. The first-order chi connectivity index (χ1) is 10.5. The number of anilines is 1. The Labute approximate surface area is 131 Å². The second-order valence-corrected chi connectivity index (χ2v) is 4.84. The molecule has 0 aliphatic heterocycles. The second-order valence-electron chi connectivity index (χ2n) is 4.41. The molecule has 2 rings (SSSR count). The third-order valence-corrected chi connectivity index (χ3v) is 2.91. The van der Waals surface area contributed by atoms with E-state index in [0.29, 0.717) is 5.02 Å². The molecule has 0 spiro atoms. The second kappa shape index (κ2) is 7.00. The van der Waals surface area contributed by atoms with Gasteiger partial charge >= 0.3 is 5.97 Å². The molecule has 114 valence electrons. The van der Waals surface area contributed by atoms with Crippen LogP contribution in [0.25, 0.3) is 0 Å². The van der Waals surface area contributed by atoms with Crippen molar-refractivity contribution in [1.29, 1.82) is 0 Å². The molecule has 22 heavy (non-hydrogen) atoms. The van der Waals surface area contributed by atoms with Crippen LogP contribution in [0.3, 0.4) is 0 Å². The smallest absolute Gasteiger partial charge is 0.357 e. The van der Waals surface area contributed by atoms with Gasteiger partial charge in [-0.1, -0.05) is 17.7 Å². The number of hydrogen-bond donors (Lipinski definition) is 1. The van der Waals surface area contributed by atoms with Crippen molar-refractivity contribution in [2.45, 2.75) is 13.0 Å². The lowest BCUT2D eigenvalue weighted by Crippen LogP contribution is -2.30. The Morgan fingerprint density at radius 1 is 1.32 bits per heavy atom. The number of benzene rings is 1. The first-order valence-corrected chi connectivity index (χ1v) is 6.72. The summed E-state index contributed by atoms with van der Waals surface area (Å²) in [4.78, 5) is 27.5. The van der Waals surface area contributed by atoms with Gasteiger partial charge < -0.3 is 10.1 Å². The molecule has 0 aliphatic carbocycles. The van der Waals surface area contributed by atoms with Crippen LogP contribution in [0.15, 0.2) is 42.6 Å². The van der Waals surface area contributed by atoms with Crippen LogP contribution in [0, 0.1) is 5.82 Å². The molecule has 0 saturated carbocycles. The monoisotopic (exact) mass is 322 g/mol. The lowest BCUT2D eigenvalue weighted by Gasteiger charge is -2.13. The highest BCUT2D eigenvalue weighted by Crippen LogP contribution is 2.12. The van der Waals surface area contributed by atoms with E-state index in [9.17, 15) is 14.0 Å². The van der Waals surface area contributed by atoms with Gasteiger partial charge in [-0.05, 0) is 37.3 Å². The maximum absolute atomic E-state index is 13.0. The Morgan fingerprint density at radius 3 is 2.77 bits per heavy atom. The third kappa shape index (κ3) is 4.26. The molecule has 0 fully saturated rings. The summed E-state index contributed by atoms with van der Waals surface area (Å²) in [5.41, 5.74) is 0.270. The molecule has 0 aliphatic rings. The number of pyridine rings is 1. The molecule has 1 atom stereocenters. The van der Waals surface area contributed by atoms with Gasteiger partial charge in [0.25, 0.3) is 5.91 Å². The predicted molar refractivity (Wildman–Crippen MR) is 79.2 cm³/mol. The largest absolute Gasteiger partial charge is 0.448 e. The van der Waals surface area contributed by atoms with Gasteiger partial charge in [-0.3, -0.25) is 4.79 Å². The zero-order chi connectivity index (χ0) is 16.1. The number of ether oxygens (including phenoxy) is 1. The van der Waals surface area contributed by atoms with Crippen molar-refractivity contribution in [3.05, 3.63) is 59.1 Å². The zero-order valence-corrected chi connectivity index (χ0v) is 12.3. The van der Waals surface area contributed by atoms with E-state index in [0.717, 1.165) is 6.07 Å². The molecular weight excluding hydrogens is 311 g/mol. The van der Waals surface area contributed by atoms with Crippen molar-refractivity contribution in [2.75, 3.05) is 5.32 Å². The Balaban J connectivity index is 1.98. The van der Waals surface area contributed by atoms with Crippen LogP contribution in [0.2, 0.25) is 5.02 Å². The first-order valence-electron chi connectivity index (χ1n) is 6.34. The number of hydrogen-bond acceptors (Lipinski definition) is 4. The topological polar surface area (TPSA) is 68.3 Å². The molecule has 1 aromatic heterocycles. The van der Waals surface area contributed by atoms with Gasteiger partial charge in [0.1, 0.15) is 11.5 Å². The number of amides is 1. The maximum atomic E-state index is 13.0. The van der Waals surface area contributed by atoms with Gasteiger partial charge in [0.2, 0.25) is 0 Å². The number of aromatic nitrogens is 1. The molecule has 0 saturated heterocycles. The number of nitrogens with zero attached hydrogens (tertiary/aromatic N) is 1. The van der Waals surface area contributed by atoms with Crippen LogP contribution in [0.5, 0.6) is 0 Å². The van der Waals surface area contributed by atoms with Crippen LogP contribution in [-0.2, 0) is 9.53 Å². The fourth-order valence-electron chi connectivity index (χ4n) is 1.60. The summed E-state index contributed by atoms with van der Waals surface area (Å²) < 4.78 is 18.0. The minimum atomic E-state index is -1.07. The van der Waals surface area contributed by atoms with Crippen LogP contribution < -0.4 is 5.32 Å². The fourth-order valence-corrected chi connectivity index (χ4v) is 1.76. The van der Waals surface area contributed by atoms with Gasteiger partial charge in [-0.15, -0.1) is 0 Å². The summed E-state index contributed by atoms with van der Waals surface area (Å²) in [5, 5.41) is 2.78. The predicted octanol–water partition coefficient (Wildman–Crippen LogP) is 3.06. The van der Waals surface area contributed by atoms with E-state index < -0.39 is 23.8 Å². The first kappa shape index (κ1) is 15.9. The Hall–Kier alpha value is -2.47. The highest BCUT2D eigenvalue weighted by Gasteiger charge is 2.20. The van der Waals surface area contributed by atoms with Crippen molar-refractivity contribution >= 4 is 29.2 Å². The van der Waals surface area contributed by atoms with Crippen molar-refractivity contribution in [1.82, 2.24) is 4.98 Å². The van der Waals surface area contributed by atoms with E-state index in [4.69, 9.17) is 16.3 Å². The number of rotatable bonds is 4. The van der Waals surface area contributed by atoms with E-state index in [1.54, 1.807) is 0 Å². The van der Waals surface area contributed by atoms with E-state index in [-0.39, 0.29) is 11.4 Å². The van der Waals surface area contributed by atoms with E-state index in [1.165, 1.54) is 43.5 Å². The molecule has 1 aromatic carbocycles. The molecule has 0 bridgehead atoms. The molecular formula is C15H12ClFN2O3. The minimum Gasteiger partial charge on any atom is -0.448 e. The van der Waals surface area contributed by atoms with Gasteiger partial charge in [0.15, 0.2) is 6.10 Å². The Kier molecular flexibility index (Phi) is 5.06. The van der Waals surface area contributed by atoms with Crippen molar-refractivity contribution in [3.8, 4) is 0 Å². The van der Waals surface area contributed by atoms with Crippen molar-refractivity contribution in [3.63, 3.8) is 0 Å². The number of halogens is 2. The number of carbonyl (C=O) groups excluding carboxylic acids is 2.